The Balaban J connectivity index is 1.65. The van der Waals surface area contributed by atoms with Gasteiger partial charge in [-0.3, -0.25) is 14.4 Å². The highest BCUT2D eigenvalue weighted by Crippen LogP contribution is 2.17. The Kier molecular flexibility index (Phi) is 6.67. The number of carbonyl (C=O) groups excluding carboxylic acids is 1. The van der Waals surface area contributed by atoms with Crippen LogP contribution in [0.25, 0.3) is 0 Å². The Morgan fingerprint density at radius 1 is 1.35 bits per heavy atom. The second-order valence-corrected chi connectivity index (χ2v) is 6.77. The van der Waals surface area contributed by atoms with Gasteiger partial charge in [-0.25, -0.2) is 0 Å². The summed E-state index contributed by atoms with van der Waals surface area (Å²) in [5, 5.41) is 7.13. The molecule has 5 nitrogen and oxygen atoms in total. The summed E-state index contributed by atoms with van der Waals surface area (Å²) in [4.78, 5) is 15.4. The number of nitrogens with zero attached hydrogens (tertiary/aromatic N) is 3. The highest BCUT2D eigenvalue weighted by atomic mass is 32.2. The van der Waals surface area contributed by atoms with Gasteiger partial charge in [0.15, 0.2) is 0 Å². The minimum atomic E-state index is -0.000637. The van der Waals surface area contributed by atoms with Gasteiger partial charge in [0, 0.05) is 18.1 Å². The molecule has 0 aliphatic carbocycles. The van der Waals surface area contributed by atoms with E-state index in [1.165, 1.54) is 4.90 Å². The predicted octanol–water partition coefficient (Wildman–Crippen LogP) is 2.78. The number of nitrogens with one attached hydrogen (secondary N) is 1. The summed E-state index contributed by atoms with van der Waals surface area (Å²) >= 11 is 1.85. The maximum atomic E-state index is 12.0. The summed E-state index contributed by atoms with van der Waals surface area (Å²) in [6, 6.07) is 10.4. The van der Waals surface area contributed by atoms with E-state index in [0.717, 1.165) is 30.1 Å². The second-order valence-electron chi connectivity index (χ2n) is 5.60. The van der Waals surface area contributed by atoms with E-state index < -0.39 is 0 Å². The largest absolute Gasteiger partial charge is 0.322 e. The molecule has 0 unspecified atom stereocenters. The van der Waals surface area contributed by atoms with Crippen LogP contribution in [0, 0.1) is 6.92 Å². The fourth-order valence-corrected chi connectivity index (χ4v) is 3.14. The molecule has 23 heavy (non-hydrogen) atoms. The van der Waals surface area contributed by atoms with Crippen LogP contribution in [0.3, 0.4) is 0 Å². The van der Waals surface area contributed by atoms with Crippen LogP contribution in [-0.2, 0) is 11.8 Å². The summed E-state index contributed by atoms with van der Waals surface area (Å²) in [5.41, 5.74) is 1.62. The van der Waals surface area contributed by atoms with E-state index in [4.69, 9.17) is 0 Å². The van der Waals surface area contributed by atoms with Crippen LogP contribution < -0.4 is 5.32 Å². The molecule has 0 fully saturated rings. The molecule has 124 valence electrons. The van der Waals surface area contributed by atoms with Crippen molar-refractivity contribution in [2.24, 2.45) is 7.05 Å². The lowest BCUT2D eigenvalue weighted by Gasteiger charge is -2.15. The van der Waals surface area contributed by atoms with Gasteiger partial charge < -0.3 is 5.32 Å². The minimum absolute atomic E-state index is 0.000637. The number of likely N-dealkylation sites (N-methyl/N-ethyl adjacent to an activating group) is 1. The fourth-order valence-electron chi connectivity index (χ4n) is 2.28. The number of anilines is 1. The summed E-state index contributed by atoms with van der Waals surface area (Å²) in [5.74, 6) is 1.05. The molecule has 0 atom stereocenters. The average molecular weight is 332 g/mol. The molecule has 1 heterocycles. The third-order valence-electron chi connectivity index (χ3n) is 3.40. The van der Waals surface area contributed by atoms with E-state index in [0.29, 0.717) is 6.54 Å². The van der Waals surface area contributed by atoms with Gasteiger partial charge in [0.2, 0.25) is 5.91 Å². The van der Waals surface area contributed by atoms with Gasteiger partial charge >= 0.3 is 0 Å². The fraction of sp³-hybridized carbons (Fsp3) is 0.412. The lowest BCUT2D eigenvalue weighted by Crippen LogP contribution is -2.31. The molecular formula is C17H24N4OS. The molecule has 6 heteroatoms. The maximum absolute atomic E-state index is 12.0. The zero-order valence-electron chi connectivity index (χ0n) is 14.0. The van der Waals surface area contributed by atoms with Gasteiger partial charge in [0.1, 0.15) is 0 Å². The molecule has 0 saturated heterocycles. The predicted molar refractivity (Wildman–Crippen MR) is 95.9 cm³/mol. The SMILES string of the molecule is Cc1nn(C)cc1NC(=O)CN(C)CCCSc1ccccc1. The number of benzene rings is 1. The first kappa shape index (κ1) is 17.6. The topological polar surface area (TPSA) is 50.2 Å². The van der Waals surface area contributed by atoms with Crippen molar-refractivity contribution in [2.45, 2.75) is 18.2 Å². The van der Waals surface area contributed by atoms with E-state index in [-0.39, 0.29) is 5.91 Å². The van der Waals surface area contributed by atoms with E-state index >= 15 is 0 Å². The summed E-state index contributed by atoms with van der Waals surface area (Å²) in [6.45, 7) is 3.18. The number of thioether (sulfide) groups is 1. The molecule has 0 bridgehead atoms. The van der Waals surface area contributed by atoms with Gasteiger partial charge in [-0.2, -0.15) is 5.10 Å². The van der Waals surface area contributed by atoms with Crippen LogP contribution in [0.4, 0.5) is 5.69 Å². The Morgan fingerprint density at radius 2 is 2.09 bits per heavy atom. The van der Waals surface area contributed by atoms with Crippen molar-refractivity contribution in [2.75, 3.05) is 31.2 Å². The van der Waals surface area contributed by atoms with Crippen LogP contribution in [0.5, 0.6) is 0 Å². The number of carbonyl (C=O) groups is 1. The van der Waals surface area contributed by atoms with Gasteiger partial charge in [0.25, 0.3) is 0 Å². The number of rotatable bonds is 8. The van der Waals surface area contributed by atoms with Crippen molar-refractivity contribution in [3.8, 4) is 0 Å². The van der Waals surface area contributed by atoms with E-state index in [1.54, 1.807) is 4.68 Å². The molecule has 0 saturated carbocycles. The summed E-state index contributed by atoms with van der Waals surface area (Å²) in [7, 11) is 3.82. The molecule has 0 aliphatic rings. The van der Waals surface area contributed by atoms with Crippen LogP contribution in [-0.4, -0.2) is 46.5 Å². The Labute approximate surface area is 142 Å². The van der Waals surface area contributed by atoms with Gasteiger partial charge in [-0.1, -0.05) is 18.2 Å². The van der Waals surface area contributed by atoms with Gasteiger partial charge in [-0.05, 0) is 44.8 Å². The minimum Gasteiger partial charge on any atom is -0.322 e. The molecule has 2 aromatic rings. The quantitative estimate of drug-likeness (QED) is 0.596. The first-order chi connectivity index (χ1) is 11.0. The summed E-state index contributed by atoms with van der Waals surface area (Å²) < 4.78 is 1.70. The molecule has 0 radical (unpaired) electrons. The van der Waals surface area contributed by atoms with Crippen LogP contribution in [0.15, 0.2) is 41.4 Å². The molecule has 1 aromatic carbocycles. The molecular weight excluding hydrogens is 308 g/mol. The first-order valence-corrected chi connectivity index (χ1v) is 8.69. The van der Waals surface area contributed by atoms with Crippen molar-refractivity contribution < 1.29 is 4.79 Å². The van der Waals surface area contributed by atoms with E-state index in [9.17, 15) is 4.79 Å². The van der Waals surface area contributed by atoms with E-state index in [1.807, 2.05) is 49.9 Å². The van der Waals surface area contributed by atoms with Gasteiger partial charge in [0.05, 0.1) is 17.9 Å². The number of amides is 1. The first-order valence-electron chi connectivity index (χ1n) is 7.71. The Hall–Kier alpha value is -1.79. The molecule has 2 rings (SSSR count). The highest BCUT2D eigenvalue weighted by molar-refractivity contribution is 7.99. The normalized spacial score (nSPS) is 11.0. The lowest BCUT2D eigenvalue weighted by atomic mass is 10.3. The second kappa shape index (κ2) is 8.74. The number of aryl methyl sites for hydroxylation is 2. The van der Waals surface area contributed by atoms with E-state index in [2.05, 4.69) is 34.7 Å². The number of aromatic nitrogens is 2. The van der Waals surface area contributed by atoms with Crippen LogP contribution in [0.1, 0.15) is 12.1 Å². The molecule has 1 N–H and O–H groups in total. The van der Waals surface area contributed by atoms with Crippen LogP contribution in [0.2, 0.25) is 0 Å². The van der Waals surface area contributed by atoms with Crippen molar-refractivity contribution in [1.82, 2.24) is 14.7 Å². The number of hydrogen-bond acceptors (Lipinski definition) is 4. The molecule has 1 amide bonds. The van der Waals surface area contributed by atoms with Gasteiger partial charge in [-0.15, -0.1) is 11.8 Å². The van der Waals surface area contributed by atoms with Crippen molar-refractivity contribution in [3.63, 3.8) is 0 Å². The monoisotopic (exact) mass is 332 g/mol. The number of hydrogen-bond donors (Lipinski definition) is 1. The van der Waals surface area contributed by atoms with Crippen molar-refractivity contribution in [1.29, 1.82) is 0 Å². The summed E-state index contributed by atoms with van der Waals surface area (Å²) in [6.07, 6.45) is 2.87. The Morgan fingerprint density at radius 3 is 2.74 bits per heavy atom. The zero-order chi connectivity index (χ0) is 16.7. The highest BCUT2D eigenvalue weighted by Gasteiger charge is 2.10. The third kappa shape index (κ3) is 6.08. The zero-order valence-corrected chi connectivity index (χ0v) is 14.8. The standard InChI is InChI=1S/C17H24N4OS/c1-14-16(12-21(3)19-14)18-17(22)13-20(2)10-7-11-23-15-8-5-4-6-9-15/h4-6,8-9,12H,7,10-11,13H2,1-3H3,(H,18,22). The smallest absolute Gasteiger partial charge is 0.238 e. The molecule has 0 spiro atoms. The molecule has 1 aromatic heterocycles. The average Bonchev–Trinajstić information content (AvgIpc) is 2.82. The molecule has 0 aliphatic heterocycles. The van der Waals surface area contributed by atoms with Crippen LogP contribution >= 0.6 is 11.8 Å². The van der Waals surface area contributed by atoms with Crippen molar-refractivity contribution >= 4 is 23.4 Å². The lowest BCUT2D eigenvalue weighted by molar-refractivity contribution is -0.117. The third-order valence-corrected chi connectivity index (χ3v) is 4.50. The van der Waals surface area contributed by atoms with Crippen molar-refractivity contribution in [3.05, 3.63) is 42.2 Å². The maximum Gasteiger partial charge on any atom is 0.238 e. The Bertz CT molecular complexity index is 627.